The average molecular weight is 353 g/mol. The molecular formula is C18H25F2N3O2. The molecule has 25 heavy (non-hydrogen) atoms. The van der Waals surface area contributed by atoms with Crippen molar-refractivity contribution in [3.63, 3.8) is 0 Å². The van der Waals surface area contributed by atoms with Gasteiger partial charge in [0.05, 0.1) is 0 Å². The van der Waals surface area contributed by atoms with E-state index in [1.165, 1.54) is 25.3 Å². The van der Waals surface area contributed by atoms with Crippen LogP contribution < -0.4 is 16.4 Å². The summed E-state index contributed by atoms with van der Waals surface area (Å²) in [6.45, 7) is -0.178. The van der Waals surface area contributed by atoms with Crippen molar-refractivity contribution in [1.29, 1.82) is 0 Å². The van der Waals surface area contributed by atoms with Crippen LogP contribution in [0.1, 0.15) is 44.9 Å². The van der Waals surface area contributed by atoms with Crippen LogP contribution >= 0.6 is 0 Å². The molecule has 0 saturated heterocycles. The number of nitrogens with one attached hydrogen (secondary N) is 2. The predicted molar refractivity (Wildman–Crippen MR) is 91.8 cm³/mol. The number of anilines is 1. The highest BCUT2D eigenvalue weighted by Crippen LogP contribution is 2.27. The maximum Gasteiger partial charge on any atom is 0.241 e. The van der Waals surface area contributed by atoms with E-state index in [4.69, 9.17) is 5.73 Å². The molecule has 0 spiro atoms. The smallest absolute Gasteiger partial charge is 0.241 e. The fourth-order valence-corrected chi connectivity index (χ4v) is 3.17. The SMILES string of the molecule is NC(=O)[C@H](CNc1c(F)cccc1F)NC(=O)CCC1CCCCC1. The number of rotatable bonds is 8. The van der Waals surface area contributed by atoms with E-state index in [2.05, 4.69) is 10.6 Å². The summed E-state index contributed by atoms with van der Waals surface area (Å²) in [5, 5.41) is 5.05. The number of para-hydroxylation sites is 1. The lowest BCUT2D eigenvalue weighted by molar-refractivity contribution is -0.127. The molecule has 1 saturated carbocycles. The number of primary amides is 1. The topological polar surface area (TPSA) is 84.2 Å². The van der Waals surface area contributed by atoms with E-state index in [9.17, 15) is 18.4 Å². The second kappa shape index (κ2) is 9.34. The molecule has 5 nitrogen and oxygen atoms in total. The zero-order valence-electron chi connectivity index (χ0n) is 14.2. The molecule has 4 N–H and O–H groups in total. The molecule has 1 aromatic carbocycles. The lowest BCUT2D eigenvalue weighted by atomic mass is 9.86. The van der Waals surface area contributed by atoms with Gasteiger partial charge < -0.3 is 16.4 Å². The first-order valence-electron chi connectivity index (χ1n) is 8.74. The van der Waals surface area contributed by atoms with Crippen LogP contribution in [0.25, 0.3) is 0 Å². The van der Waals surface area contributed by atoms with Crippen molar-refractivity contribution in [2.24, 2.45) is 11.7 Å². The average Bonchev–Trinajstić information content (AvgIpc) is 2.59. The van der Waals surface area contributed by atoms with Gasteiger partial charge in [-0.05, 0) is 24.5 Å². The Morgan fingerprint density at radius 1 is 1.16 bits per heavy atom. The highest BCUT2D eigenvalue weighted by Gasteiger charge is 2.21. The van der Waals surface area contributed by atoms with E-state index in [1.54, 1.807) is 0 Å². The van der Waals surface area contributed by atoms with Gasteiger partial charge >= 0.3 is 0 Å². The van der Waals surface area contributed by atoms with Gasteiger partial charge in [-0.2, -0.15) is 0 Å². The van der Waals surface area contributed by atoms with E-state index in [1.807, 2.05) is 0 Å². The van der Waals surface area contributed by atoms with Gasteiger partial charge in [-0.25, -0.2) is 8.78 Å². The molecule has 1 atom stereocenters. The Bertz CT molecular complexity index is 584. The first-order chi connectivity index (χ1) is 12.0. The van der Waals surface area contributed by atoms with Crippen molar-refractivity contribution in [2.45, 2.75) is 51.0 Å². The largest absolute Gasteiger partial charge is 0.378 e. The van der Waals surface area contributed by atoms with Crippen LogP contribution in [0.2, 0.25) is 0 Å². The lowest BCUT2D eigenvalue weighted by Crippen LogP contribution is -2.48. The summed E-state index contributed by atoms with van der Waals surface area (Å²) < 4.78 is 27.2. The molecule has 0 aliphatic heterocycles. The van der Waals surface area contributed by atoms with Crippen molar-refractivity contribution in [2.75, 3.05) is 11.9 Å². The number of amides is 2. The lowest BCUT2D eigenvalue weighted by Gasteiger charge is -2.22. The molecule has 1 aliphatic rings. The summed E-state index contributed by atoms with van der Waals surface area (Å²) >= 11 is 0. The maximum absolute atomic E-state index is 13.6. The molecule has 138 valence electrons. The highest BCUT2D eigenvalue weighted by molar-refractivity contribution is 5.87. The summed E-state index contributed by atoms with van der Waals surface area (Å²) in [6, 6.07) is 2.42. The van der Waals surface area contributed by atoms with Crippen LogP contribution in [0.4, 0.5) is 14.5 Å². The van der Waals surface area contributed by atoms with Gasteiger partial charge in [-0.1, -0.05) is 38.2 Å². The minimum atomic E-state index is -1.03. The minimum Gasteiger partial charge on any atom is -0.378 e. The van der Waals surface area contributed by atoms with Crippen molar-refractivity contribution >= 4 is 17.5 Å². The van der Waals surface area contributed by atoms with Crippen LogP contribution in [0.15, 0.2) is 18.2 Å². The van der Waals surface area contributed by atoms with Gasteiger partial charge in [0.25, 0.3) is 0 Å². The van der Waals surface area contributed by atoms with Gasteiger partial charge in [-0.3, -0.25) is 9.59 Å². The van der Waals surface area contributed by atoms with E-state index in [0.717, 1.165) is 31.4 Å². The second-order valence-electron chi connectivity index (χ2n) is 6.54. The summed E-state index contributed by atoms with van der Waals surface area (Å²) in [4.78, 5) is 23.6. The van der Waals surface area contributed by atoms with E-state index < -0.39 is 23.6 Å². The summed E-state index contributed by atoms with van der Waals surface area (Å²) in [7, 11) is 0. The minimum absolute atomic E-state index is 0.178. The molecule has 2 amide bonds. The van der Waals surface area contributed by atoms with Crippen LogP contribution in [0, 0.1) is 17.6 Å². The Morgan fingerprint density at radius 2 is 1.80 bits per heavy atom. The van der Waals surface area contributed by atoms with E-state index in [0.29, 0.717) is 12.3 Å². The van der Waals surface area contributed by atoms with Crippen LogP contribution in [0.3, 0.4) is 0 Å². The summed E-state index contributed by atoms with van der Waals surface area (Å²) in [5.74, 6) is -2.02. The summed E-state index contributed by atoms with van der Waals surface area (Å²) in [6.07, 6.45) is 7.05. The van der Waals surface area contributed by atoms with Crippen molar-refractivity contribution < 1.29 is 18.4 Å². The molecule has 0 aromatic heterocycles. The highest BCUT2D eigenvalue weighted by atomic mass is 19.1. The van der Waals surface area contributed by atoms with Crippen molar-refractivity contribution in [3.05, 3.63) is 29.8 Å². The number of nitrogens with two attached hydrogens (primary N) is 1. The van der Waals surface area contributed by atoms with Gasteiger partial charge in [0.1, 0.15) is 23.4 Å². The first kappa shape index (κ1) is 19.1. The molecule has 1 fully saturated rings. The quantitative estimate of drug-likeness (QED) is 0.672. The fraction of sp³-hybridized carbons (Fsp3) is 0.556. The van der Waals surface area contributed by atoms with Crippen molar-refractivity contribution in [1.82, 2.24) is 5.32 Å². The normalized spacial score (nSPS) is 16.2. The van der Waals surface area contributed by atoms with Gasteiger partial charge in [0.15, 0.2) is 0 Å². The second-order valence-corrected chi connectivity index (χ2v) is 6.54. The third-order valence-electron chi connectivity index (χ3n) is 4.63. The standard InChI is InChI=1S/C18H25F2N3O2/c19-13-7-4-8-14(20)17(13)22-11-15(18(21)25)23-16(24)10-9-12-5-2-1-3-6-12/h4,7-8,12,15,22H,1-3,5-6,9-11H2,(H2,21,25)(H,23,24)/t15-/m0/s1. The number of hydrogen-bond donors (Lipinski definition) is 3. The predicted octanol–water partition coefficient (Wildman–Crippen LogP) is 2.71. The Labute approximate surface area is 146 Å². The molecule has 2 rings (SSSR count). The third kappa shape index (κ3) is 5.99. The summed E-state index contributed by atoms with van der Waals surface area (Å²) in [5.41, 5.74) is 4.94. The maximum atomic E-state index is 13.6. The van der Waals surface area contributed by atoms with Gasteiger partial charge in [0, 0.05) is 13.0 Å². The molecule has 1 aliphatic carbocycles. The number of halogens is 2. The zero-order valence-corrected chi connectivity index (χ0v) is 14.2. The molecule has 0 bridgehead atoms. The van der Waals surface area contributed by atoms with Crippen LogP contribution in [0.5, 0.6) is 0 Å². The zero-order chi connectivity index (χ0) is 18.2. The number of carbonyl (C=O) groups excluding carboxylic acids is 2. The number of benzene rings is 1. The van der Waals surface area contributed by atoms with Crippen molar-refractivity contribution in [3.8, 4) is 0 Å². The van der Waals surface area contributed by atoms with E-state index in [-0.39, 0.29) is 18.1 Å². The van der Waals surface area contributed by atoms with Crippen LogP contribution in [-0.4, -0.2) is 24.4 Å². The van der Waals surface area contributed by atoms with Crippen LogP contribution in [-0.2, 0) is 9.59 Å². The molecule has 7 heteroatoms. The Hall–Kier alpha value is -2.18. The Kier molecular flexibility index (Phi) is 7.16. The Morgan fingerprint density at radius 3 is 2.40 bits per heavy atom. The number of carbonyl (C=O) groups is 2. The first-order valence-corrected chi connectivity index (χ1v) is 8.74. The fourth-order valence-electron chi connectivity index (χ4n) is 3.17. The monoisotopic (exact) mass is 353 g/mol. The molecule has 0 heterocycles. The van der Waals surface area contributed by atoms with E-state index >= 15 is 0 Å². The molecule has 1 aromatic rings. The number of hydrogen-bond acceptors (Lipinski definition) is 3. The Balaban J connectivity index is 1.83. The van der Waals surface area contributed by atoms with Gasteiger partial charge in [-0.15, -0.1) is 0 Å². The third-order valence-corrected chi connectivity index (χ3v) is 4.63. The molecule has 0 unspecified atom stereocenters. The molecular weight excluding hydrogens is 328 g/mol. The van der Waals surface area contributed by atoms with Gasteiger partial charge in [0.2, 0.25) is 11.8 Å². The molecule has 0 radical (unpaired) electrons.